The van der Waals surface area contributed by atoms with E-state index in [1.54, 1.807) is 18.3 Å². The monoisotopic (exact) mass is 416 g/mol. The average molecular weight is 417 g/mol. The molecule has 0 amide bonds. The molecule has 7 heteroatoms. The van der Waals surface area contributed by atoms with Crippen LogP contribution in [0.5, 0.6) is 5.88 Å². The zero-order chi connectivity index (χ0) is 20.1. The topological polar surface area (TPSA) is 60.9 Å². The average Bonchev–Trinajstić information content (AvgIpc) is 3.22. The first kappa shape index (κ1) is 20.1. The maximum atomic E-state index is 11.3. The number of hydrogen-bond acceptors (Lipinski definition) is 6. The Labute approximate surface area is 175 Å². The standard InChI is InChI=1S/C22H25ClN2O4/c23-19-4-3-9-24-22(19)29-18-8-10-25(13-18)20-7-6-16(14-26)12-17(20)15-28-21-5-1-2-11-27-21/h3-4,6-7,9,12,14,18,21H,1-2,5,8,10-11,13,15H2/t18-,21?/m0/s1. The van der Waals surface area contributed by atoms with E-state index in [1.807, 2.05) is 18.2 Å². The summed E-state index contributed by atoms with van der Waals surface area (Å²) in [4.78, 5) is 17.7. The van der Waals surface area contributed by atoms with E-state index >= 15 is 0 Å². The first-order chi connectivity index (χ1) is 14.2. The van der Waals surface area contributed by atoms with E-state index in [0.29, 0.717) is 23.1 Å². The Bertz CT molecular complexity index is 841. The van der Waals surface area contributed by atoms with Crippen molar-refractivity contribution < 1.29 is 19.0 Å². The normalized spacial score (nSPS) is 21.9. The highest BCUT2D eigenvalue weighted by atomic mass is 35.5. The summed E-state index contributed by atoms with van der Waals surface area (Å²) in [6.07, 6.45) is 6.36. The van der Waals surface area contributed by atoms with Crippen LogP contribution in [0.25, 0.3) is 0 Å². The molecular weight excluding hydrogens is 392 g/mol. The van der Waals surface area contributed by atoms with Gasteiger partial charge in [-0.3, -0.25) is 4.79 Å². The number of aromatic nitrogens is 1. The van der Waals surface area contributed by atoms with Gasteiger partial charge in [0.25, 0.3) is 0 Å². The number of hydrogen-bond donors (Lipinski definition) is 0. The lowest BCUT2D eigenvalue weighted by Crippen LogP contribution is -2.26. The van der Waals surface area contributed by atoms with Gasteiger partial charge in [0.15, 0.2) is 6.29 Å². The molecule has 0 aliphatic carbocycles. The van der Waals surface area contributed by atoms with Crippen LogP contribution in [0.4, 0.5) is 5.69 Å². The number of ether oxygens (including phenoxy) is 3. The Hall–Kier alpha value is -2.15. The number of benzene rings is 1. The first-order valence-corrected chi connectivity index (χ1v) is 10.4. The Morgan fingerprint density at radius 3 is 3.00 bits per heavy atom. The molecule has 0 spiro atoms. The van der Waals surface area contributed by atoms with Crippen molar-refractivity contribution in [2.75, 3.05) is 24.6 Å². The quantitative estimate of drug-likeness (QED) is 0.629. The molecule has 2 aliphatic heterocycles. The second kappa shape index (κ2) is 9.57. The summed E-state index contributed by atoms with van der Waals surface area (Å²) >= 11 is 6.17. The Kier molecular flexibility index (Phi) is 6.64. The molecule has 1 unspecified atom stereocenters. The molecule has 2 atom stereocenters. The van der Waals surface area contributed by atoms with E-state index in [-0.39, 0.29) is 12.4 Å². The summed E-state index contributed by atoms with van der Waals surface area (Å²) < 4.78 is 17.7. The van der Waals surface area contributed by atoms with Gasteiger partial charge in [0.1, 0.15) is 17.4 Å². The van der Waals surface area contributed by atoms with Crippen molar-refractivity contribution in [3.63, 3.8) is 0 Å². The van der Waals surface area contributed by atoms with Crippen LogP contribution in [0, 0.1) is 0 Å². The number of carbonyl (C=O) groups excluding carboxylic acids is 1. The van der Waals surface area contributed by atoms with Gasteiger partial charge in [0.05, 0.1) is 13.2 Å². The third-order valence-corrected chi connectivity index (χ3v) is 5.58. The minimum absolute atomic E-state index is 0.00333. The number of rotatable bonds is 7. The first-order valence-electron chi connectivity index (χ1n) is 10.1. The van der Waals surface area contributed by atoms with Crippen LogP contribution >= 0.6 is 11.6 Å². The summed E-state index contributed by atoms with van der Waals surface area (Å²) in [5.41, 5.74) is 2.69. The highest BCUT2D eigenvalue weighted by Crippen LogP contribution is 2.30. The SMILES string of the molecule is O=Cc1ccc(N2CC[C@H](Oc3ncccc3Cl)C2)c(COC2CCCCO2)c1. The fraction of sp³-hybridized carbons (Fsp3) is 0.455. The third kappa shape index (κ3) is 5.07. The summed E-state index contributed by atoms with van der Waals surface area (Å²) in [5.74, 6) is 0.468. The van der Waals surface area contributed by atoms with Crippen LogP contribution in [-0.4, -0.2) is 43.4 Å². The van der Waals surface area contributed by atoms with Gasteiger partial charge in [-0.05, 0) is 49.6 Å². The molecule has 0 saturated carbocycles. The molecule has 0 bridgehead atoms. The van der Waals surface area contributed by atoms with Gasteiger partial charge in [-0.25, -0.2) is 4.98 Å². The molecule has 0 N–H and O–H groups in total. The predicted molar refractivity (Wildman–Crippen MR) is 111 cm³/mol. The van der Waals surface area contributed by atoms with Gasteiger partial charge in [0.2, 0.25) is 5.88 Å². The maximum absolute atomic E-state index is 11.3. The van der Waals surface area contributed by atoms with E-state index in [1.165, 1.54) is 0 Å². The van der Waals surface area contributed by atoms with Crippen molar-refractivity contribution in [2.45, 2.75) is 44.7 Å². The van der Waals surface area contributed by atoms with Crippen molar-refractivity contribution in [1.82, 2.24) is 4.98 Å². The molecule has 2 saturated heterocycles. The molecule has 2 fully saturated rings. The molecule has 1 aromatic carbocycles. The second-order valence-corrected chi connectivity index (χ2v) is 7.79. The maximum Gasteiger partial charge on any atom is 0.232 e. The minimum Gasteiger partial charge on any atom is -0.471 e. The van der Waals surface area contributed by atoms with Crippen molar-refractivity contribution in [1.29, 1.82) is 0 Å². The van der Waals surface area contributed by atoms with E-state index in [0.717, 1.165) is 62.9 Å². The molecular formula is C22H25ClN2O4. The fourth-order valence-corrected chi connectivity index (χ4v) is 3.95. The number of halogens is 1. The van der Waals surface area contributed by atoms with Gasteiger partial charge in [-0.15, -0.1) is 0 Å². The molecule has 6 nitrogen and oxygen atoms in total. The minimum atomic E-state index is -0.169. The van der Waals surface area contributed by atoms with Crippen LogP contribution in [0.1, 0.15) is 41.6 Å². The molecule has 0 radical (unpaired) electrons. The van der Waals surface area contributed by atoms with Gasteiger partial charge >= 0.3 is 0 Å². The molecule has 1 aromatic heterocycles. The molecule has 4 rings (SSSR count). The summed E-state index contributed by atoms with van der Waals surface area (Å²) in [5, 5.41) is 0.517. The fourth-order valence-electron chi connectivity index (χ4n) is 3.79. The third-order valence-electron chi connectivity index (χ3n) is 5.29. The van der Waals surface area contributed by atoms with Gasteiger partial charge in [-0.2, -0.15) is 0 Å². The Morgan fingerprint density at radius 2 is 2.21 bits per heavy atom. The van der Waals surface area contributed by atoms with E-state index in [4.69, 9.17) is 25.8 Å². The van der Waals surface area contributed by atoms with Crippen LogP contribution < -0.4 is 9.64 Å². The number of aldehydes is 1. The van der Waals surface area contributed by atoms with Crippen molar-refractivity contribution >= 4 is 23.6 Å². The van der Waals surface area contributed by atoms with Gasteiger partial charge in [-0.1, -0.05) is 11.6 Å². The second-order valence-electron chi connectivity index (χ2n) is 7.38. The van der Waals surface area contributed by atoms with Crippen molar-refractivity contribution in [2.24, 2.45) is 0 Å². The predicted octanol–water partition coefficient (Wildman–Crippen LogP) is 4.25. The Morgan fingerprint density at radius 1 is 1.28 bits per heavy atom. The lowest BCUT2D eigenvalue weighted by atomic mass is 10.1. The number of anilines is 1. The van der Waals surface area contributed by atoms with Crippen molar-refractivity contribution in [3.8, 4) is 5.88 Å². The zero-order valence-corrected chi connectivity index (χ0v) is 17.0. The van der Waals surface area contributed by atoms with E-state index in [2.05, 4.69) is 9.88 Å². The van der Waals surface area contributed by atoms with Crippen LogP contribution in [0.15, 0.2) is 36.5 Å². The molecule has 2 aromatic rings. The van der Waals surface area contributed by atoms with Gasteiger partial charge in [0, 0.05) is 42.6 Å². The largest absolute Gasteiger partial charge is 0.471 e. The van der Waals surface area contributed by atoms with Gasteiger partial charge < -0.3 is 19.1 Å². The molecule has 154 valence electrons. The van der Waals surface area contributed by atoms with Crippen LogP contribution in [0.3, 0.4) is 0 Å². The van der Waals surface area contributed by atoms with Crippen molar-refractivity contribution in [3.05, 3.63) is 52.7 Å². The highest BCUT2D eigenvalue weighted by Gasteiger charge is 2.27. The number of pyridine rings is 1. The lowest BCUT2D eigenvalue weighted by Gasteiger charge is -2.25. The Balaban J connectivity index is 1.44. The van der Waals surface area contributed by atoms with E-state index in [9.17, 15) is 4.79 Å². The number of carbonyl (C=O) groups is 1. The summed E-state index contributed by atoms with van der Waals surface area (Å²) in [6.45, 7) is 2.73. The van der Waals surface area contributed by atoms with E-state index < -0.39 is 0 Å². The van der Waals surface area contributed by atoms with Crippen LogP contribution in [0.2, 0.25) is 5.02 Å². The summed E-state index contributed by atoms with van der Waals surface area (Å²) in [7, 11) is 0. The molecule has 29 heavy (non-hydrogen) atoms. The smallest absolute Gasteiger partial charge is 0.232 e. The highest BCUT2D eigenvalue weighted by molar-refractivity contribution is 6.31. The summed E-state index contributed by atoms with van der Waals surface area (Å²) in [6, 6.07) is 9.28. The molecule has 3 heterocycles. The number of nitrogens with zero attached hydrogens (tertiary/aromatic N) is 2. The van der Waals surface area contributed by atoms with Crippen LogP contribution in [-0.2, 0) is 16.1 Å². The molecule has 2 aliphatic rings. The lowest BCUT2D eigenvalue weighted by molar-refractivity contribution is -0.168. The zero-order valence-electron chi connectivity index (χ0n) is 16.3.